The lowest BCUT2D eigenvalue weighted by Gasteiger charge is -2.15. The van der Waals surface area contributed by atoms with Gasteiger partial charge in [0.05, 0.1) is 11.3 Å². The molecule has 1 rings (SSSR count). The Labute approximate surface area is 85.5 Å². The highest BCUT2D eigenvalue weighted by Gasteiger charge is 2.47. The van der Waals surface area contributed by atoms with Gasteiger partial charge in [0.1, 0.15) is 0 Å². The van der Waals surface area contributed by atoms with Crippen LogP contribution < -0.4 is 5.73 Å². The number of rotatable bonds is 4. The largest absolute Gasteiger partial charge is 0.475 e. The van der Waals surface area contributed by atoms with Crippen LogP contribution in [0, 0.1) is 10.1 Å². The average molecular weight is 210 g/mol. The molecule has 0 heterocycles. The van der Waals surface area contributed by atoms with Gasteiger partial charge in [0.2, 0.25) is 0 Å². The maximum Gasteiger partial charge on any atom is 0.399 e. The summed E-state index contributed by atoms with van der Waals surface area (Å²) in [5.41, 5.74) is 3.27. The molecule has 6 heteroatoms. The molecule has 0 bridgehead atoms. The third kappa shape index (κ3) is 2.29. The number of nitrogens with two attached hydrogens (primary N) is 1. The third-order valence-corrected chi connectivity index (χ3v) is 2.01. The number of benzene rings is 1. The highest BCUT2D eigenvalue weighted by molar-refractivity contribution is 5.76. The van der Waals surface area contributed by atoms with Crippen molar-refractivity contribution in [3.05, 3.63) is 46.0 Å². The number of carboxylic acid groups (broad SMARTS) is 1. The summed E-state index contributed by atoms with van der Waals surface area (Å²) in [7, 11) is 0. The highest BCUT2D eigenvalue weighted by atomic mass is 16.6. The molecule has 0 fully saturated rings. The predicted molar refractivity (Wildman–Crippen MR) is 51.7 cm³/mol. The number of hydrogen-bond donors (Lipinski definition) is 2. The van der Waals surface area contributed by atoms with Gasteiger partial charge in [-0.2, -0.15) is 0 Å². The van der Waals surface area contributed by atoms with Crippen LogP contribution in [0.1, 0.15) is 5.56 Å². The van der Waals surface area contributed by atoms with Crippen LogP contribution in [0.4, 0.5) is 0 Å². The van der Waals surface area contributed by atoms with Gasteiger partial charge < -0.3 is 5.11 Å². The van der Waals surface area contributed by atoms with Crippen LogP contribution in [0.15, 0.2) is 30.3 Å². The lowest BCUT2D eigenvalue weighted by atomic mass is 10.0. The van der Waals surface area contributed by atoms with E-state index in [2.05, 4.69) is 0 Å². The third-order valence-electron chi connectivity index (χ3n) is 2.01. The van der Waals surface area contributed by atoms with Crippen LogP contribution in [0.25, 0.3) is 0 Å². The summed E-state index contributed by atoms with van der Waals surface area (Å²) >= 11 is 0. The second kappa shape index (κ2) is 4.05. The summed E-state index contributed by atoms with van der Waals surface area (Å²) in [6.45, 7) is 0. The van der Waals surface area contributed by atoms with Gasteiger partial charge in [-0.05, 0) is 5.56 Å². The quantitative estimate of drug-likeness (QED) is 0.420. The first kappa shape index (κ1) is 11.1. The maximum atomic E-state index is 10.7. The van der Waals surface area contributed by atoms with E-state index in [9.17, 15) is 14.9 Å². The Bertz CT molecular complexity index is 363. The molecule has 0 unspecified atom stereocenters. The number of carboxylic acids is 1. The number of carbonyl (C=O) groups is 1. The smallest absolute Gasteiger partial charge is 0.399 e. The monoisotopic (exact) mass is 210 g/mol. The van der Waals surface area contributed by atoms with E-state index in [4.69, 9.17) is 10.8 Å². The van der Waals surface area contributed by atoms with Crippen molar-refractivity contribution in [2.24, 2.45) is 5.73 Å². The summed E-state index contributed by atoms with van der Waals surface area (Å²) in [6, 6.07) is 8.24. The molecule has 0 aliphatic rings. The summed E-state index contributed by atoms with van der Waals surface area (Å²) in [5.74, 6) is -1.64. The molecule has 0 amide bonds. The van der Waals surface area contributed by atoms with E-state index < -0.39 is 16.6 Å². The molecule has 0 radical (unpaired) electrons. The Morgan fingerprint density at radius 2 is 2.00 bits per heavy atom. The van der Waals surface area contributed by atoms with Gasteiger partial charge >= 0.3 is 11.6 Å². The number of nitro groups is 1. The zero-order valence-corrected chi connectivity index (χ0v) is 7.79. The molecule has 0 spiro atoms. The van der Waals surface area contributed by atoms with Crippen molar-refractivity contribution in [2.75, 3.05) is 0 Å². The van der Waals surface area contributed by atoms with E-state index >= 15 is 0 Å². The van der Waals surface area contributed by atoms with Gasteiger partial charge in [-0.15, -0.1) is 0 Å². The molecular weight excluding hydrogens is 200 g/mol. The fraction of sp³-hybridized carbons (Fsp3) is 0.222. The molecule has 0 saturated heterocycles. The van der Waals surface area contributed by atoms with Crippen molar-refractivity contribution in [3.8, 4) is 0 Å². The first-order chi connectivity index (χ1) is 6.97. The zero-order valence-electron chi connectivity index (χ0n) is 7.79. The van der Waals surface area contributed by atoms with Crippen LogP contribution in [0.3, 0.4) is 0 Å². The molecular formula is C9H10N2O4. The van der Waals surface area contributed by atoms with Crippen molar-refractivity contribution in [3.63, 3.8) is 0 Å². The van der Waals surface area contributed by atoms with Gasteiger partial charge in [-0.1, -0.05) is 30.3 Å². The molecule has 15 heavy (non-hydrogen) atoms. The Morgan fingerprint density at radius 3 is 2.40 bits per heavy atom. The van der Waals surface area contributed by atoms with Crippen molar-refractivity contribution in [1.82, 2.24) is 0 Å². The molecule has 1 aromatic carbocycles. The minimum Gasteiger partial charge on any atom is -0.475 e. The Hall–Kier alpha value is -1.95. The van der Waals surface area contributed by atoms with Crippen molar-refractivity contribution in [1.29, 1.82) is 0 Å². The van der Waals surface area contributed by atoms with E-state index in [1.165, 1.54) is 0 Å². The Morgan fingerprint density at radius 1 is 1.47 bits per heavy atom. The minimum atomic E-state index is -2.46. The molecule has 0 aromatic heterocycles. The number of nitrogens with zero attached hydrogens (tertiary/aromatic N) is 1. The Kier molecular flexibility index (Phi) is 3.01. The minimum absolute atomic E-state index is 0.337. The van der Waals surface area contributed by atoms with Crippen LogP contribution in [-0.4, -0.2) is 21.7 Å². The molecule has 3 N–H and O–H groups in total. The van der Waals surface area contributed by atoms with Crippen LogP contribution >= 0.6 is 0 Å². The van der Waals surface area contributed by atoms with Gasteiger partial charge in [0.25, 0.3) is 0 Å². The summed E-state index contributed by atoms with van der Waals surface area (Å²) < 4.78 is 0. The molecule has 80 valence electrons. The van der Waals surface area contributed by atoms with Crippen molar-refractivity contribution >= 4 is 5.97 Å². The lowest BCUT2D eigenvalue weighted by Crippen LogP contribution is -2.56. The second-order valence-electron chi connectivity index (χ2n) is 3.15. The summed E-state index contributed by atoms with van der Waals surface area (Å²) in [5, 5.41) is 19.3. The first-order valence-electron chi connectivity index (χ1n) is 4.17. The van der Waals surface area contributed by atoms with E-state index in [1.807, 2.05) is 0 Å². The van der Waals surface area contributed by atoms with Gasteiger partial charge in [-0.25, -0.2) is 4.79 Å². The maximum absolute atomic E-state index is 10.7. The zero-order chi connectivity index (χ0) is 11.5. The van der Waals surface area contributed by atoms with Gasteiger partial charge in [0.15, 0.2) is 0 Å². The molecule has 1 aromatic rings. The van der Waals surface area contributed by atoms with Gasteiger partial charge in [-0.3, -0.25) is 15.8 Å². The first-order valence-corrected chi connectivity index (χ1v) is 4.17. The molecule has 0 saturated carbocycles. The second-order valence-corrected chi connectivity index (χ2v) is 3.15. The number of hydrogen-bond acceptors (Lipinski definition) is 4. The van der Waals surface area contributed by atoms with Crippen LogP contribution in [0.2, 0.25) is 0 Å². The molecule has 0 aliphatic heterocycles. The standard InChI is InChI=1S/C9H10N2O4/c10-9(8(12)13,11(14)15)6-7-4-2-1-3-5-7/h1-5H,6,10H2,(H,12,13)/t9-/m0/s1. The van der Waals surface area contributed by atoms with Crippen LogP contribution in [-0.2, 0) is 11.2 Å². The Balaban J connectivity index is 2.95. The van der Waals surface area contributed by atoms with Crippen molar-refractivity contribution < 1.29 is 14.8 Å². The fourth-order valence-electron chi connectivity index (χ4n) is 1.13. The van der Waals surface area contributed by atoms with Crippen LogP contribution in [0.5, 0.6) is 0 Å². The van der Waals surface area contributed by atoms with E-state index in [0.717, 1.165) is 0 Å². The summed E-state index contributed by atoms with van der Waals surface area (Å²) in [6.07, 6.45) is -0.337. The average Bonchev–Trinajstić information content (AvgIpc) is 2.18. The molecule has 0 aliphatic carbocycles. The van der Waals surface area contributed by atoms with Crippen molar-refractivity contribution in [2.45, 2.75) is 12.1 Å². The summed E-state index contributed by atoms with van der Waals surface area (Å²) in [4.78, 5) is 20.3. The number of aliphatic carboxylic acids is 1. The fourth-order valence-corrected chi connectivity index (χ4v) is 1.13. The molecule has 1 atom stereocenters. The predicted octanol–water partition coefficient (Wildman–Crippen LogP) is 0.245. The van der Waals surface area contributed by atoms with E-state index in [-0.39, 0.29) is 6.42 Å². The lowest BCUT2D eigenvalue weighted by molar-refractivity contribution is -0.553. The SMILES string of the molecule is N[C@](Cc1ccccc1)(C(=O)O)[N+](=O)[O-]. The highest BCUT2D eigenvalue weighted by Crippen LogP contribution is 2.12. The van der Waals surface area contributed by atoms with Gasteiger partial charge in [0, 0.05) is 0 Å². The van der Waals surface area contributed by atoms with E-state index in [1.54, 1.807) is 30.3 Å². The normalized spacial score (nSPS) is 14.2. The van der Waals surface area contributed by atoms with E-state index in [0.29, 0.717) is 5.56 Å². The topological polar surface area (TPSA) is 106 Å². The molecule has 6 nitrogen and oxygen atoms in total.